The lowest BCUT2D eigenvalue weighted by Crippen LogP contribution is -2.05. The van der Waals surface area contributed by atoms with Crippen LogP contribution in [0.5, 0.6) is 5.75 Å². The van der Waals surface area contributed by atoms with Gasteiger partial charge in [-0.15, -0.1) is 0 Å². The van der Waals surface area contributed by atoms with Crippen LogP contribution in [0.3, 0.4) is 0 Å². The average molecular weight is 338 g/mol. The number of nitrogens with two attached hydrogens (primary N) is 3. The molecular weight excluding hydrogens is 323 g/mol. The van der Waals surface area contributed by atoms with Gasteiger partial charge in [-0.2, -0.15) is 15.0 Å². The highest BCUT2D eigenvalue weighted by Gasteiger charge is 2.02. The molecule has 0 saturated heterocycles. The van der Waals surface area contributed by atoms with E-state index in [1.54, 1.807) is 30.3 Å². The fourth-order valence-electron chi connectivity index (χ4n) is 1.20. The molecule has 23 heavy (non-hydrogen) atoms. The Balaban J connectivity index is 0.000000253. The molecule has 122 valence electrons. The number of carboxylic acids is 1. The Kier molecular flexibility index (Phi) is 7.18. The van der Waals surface area contributed by atoms with Crippen LogP contribution >= 0.6 is 8.00 Å². The van der Waals surface area contributed by atoms with Crippen molar-refractivity contribution in [1.29, 1.82) is 0 Å². The monoisotopic (exact) mass is 338 g/mol. The molecule has 7 N–H and O–H groups in total. The van der Waals surface area contributed by atoms with E-state index < -0.39 is 14.0 Å². The second kappa shape index (κ2) is 9.13. The number of aliphatic carboxylic acids is 1. The summed E-state index contributed by atoms with van der Waals surface area (Å²) in [5.41, 5.74) is 15.4. The summed E-state index contributed by atoms with van der Waals surface area (Å²) in [6, 6.07) is 8.61. The van der Waals surface area contributed by atoms with Gasteiger partial charge in [-0.1, -0.05) is 18.2 Å². The van der Waals surface area contributed by atoms with Crippen LogP contribution in [0.4, 0.5) is 17.8 Å². The van der Waals surface area contributed by atoms with Crippen molar-refractivity contribution < 1.29 is 19.3 Å². The van der Waals surface area contributed by atoms with Crippen LogP contribution in [0.2, 0.25) is 0 Å². The predicted octanol–water partition coefficient (Wildman–Crippen LogP) is -0.367. The summed E-state index contributed by atoms with van der Waals surface area (Å²) in [7, 11) is -2.05. The maximum Gasteiger partial charge on any atom is 0.311 e. The largest absolute Gasteiger partial charge is 0.595 e. The molecule has 0 fully saturated rings. The number of aromatic nitrogens is 3. The third kappa shape index (κ3) is 8.15. The molecule has 0 aliphatic rings. The Hall–Kier alpha value is -2.97. The molecule has 1 aromatic carbocycles. The molecule has 2 rings (SSSR count). The van der Waals surface area contributed by atoms with Crippen molar-refractivity contribution in [2.75, 3.05) is 17.2 Å². The van der Waals surface area contributed by atoms with Crippen molar-refractivity contribution in [2.45, 2.75) is 6.42 Å². The first-order valence-electron chi connectivity index (χ1n) is 6.14. The topological polar surface area (TPSA) is 186 Å². The van der Waals surface area contributed by atoms with Crippen LogP contribution in [0.1, 0.15) is 6.42 Å². The molecule has 1 unspecified atom stereocenters. The maximum absolute atomic E-state index is 11.1. The Labute approximate surface area is 132 Å². The Bertz CT molecular complexity index is 632. The molecule has 0 aliphatic heterocycles. The number of carboxylic acid groups (broad SMARTS) is 1. The summed E-state index contributed by atoms with van der Waals surface area (Å²) >= 11 is 0. The van der Waals surface area contributed by atoms with Crippen molar-refractivity contribution in [3.63, 3.8) is 0 Å². The summed E-state index contributed by atoms with van der Waals surface area (Å²) in [5, 5.41) is 8.31. The third-order valence-electron chi connectivity index (χ3n) is 2.04. The van der Waals surface area contributed by atoms with E-state index in [-0.39, 0.29) is 24.3 Å². The summed E-state index contributed by atoms with van der Waals surface area (Å²) in [6.45, 7) is 0. The standard InChI is InChI=1S/C9H9O4P.C3H6N6/c10-9(11)6-7-14(12)13-8-4-2-1-3-5-8;4-1-7-2(5)9-3(6)8-1/h1-5,7H,6H2,(H,10,11);(H6,4,5,6,7,8,9). The quantitative estimate of drug-likeness (QED) is 0.536. The van der Waals surface area contributed by atoms with Crippen molar-refractivity contribution in [1.82, 2.24) is 15.0 Å². The molecule has 1 aromatic heterocycles. The molecule has 1 heterocycles. The number of nitrogens with zero attached hydrogens (tertiary/aromatic N) is 3. The van der Waals surface area contributed by atoms with Crippen LogP contribution in [0, 0.1) is 0 Å². The Morgan fingerprint density at radius 3 is 2.04 bits per heavy atom. The van der Waals surface area contributed by atoms with Crippen molar-refractivity contribution in [3.8, 4) is 5.75 Å². The van der Waals surface area contributed by atoms with Gasteiger partial charge in [-0.3, -0.25) is 9.32 Å². The molecular formula is C12H15N6O4P. The van der Waals surface area contributed by atoms with Crippen molar-refractivity contribution in [3.05, 3.63) is 30.3 Å². The third-order valence-corrected chi connectivity index (χ3v) is 2.91. The van der Waals surface area contributed by atoms with Crippen LogP contribution in [0.15, 0.2) is 30.3 Å². The summed E-state index contributed by atoms with van der Waals surface area (Å²) in [5.74, 6) is 0.699. The minimum atomic E-state index is -2.05. The zero-order valence-electron chi connectivity index (χ0n) is 11.9. The molecule has 10 nitrogen and oxygen atoms in total. The highest BCUT2D eigenvalue weighted by molar-refractivity contribution is 7.45. The first kappa shape index (κ1) is 18.1. The van der Waals surface area contributed by atoms with Gasteiger partial charge in [0.2, 0.25) is 17.8 Å². The summed E-state index contributed by atoms with van der Waals surface area (Å²) < 4.78 is 4.96. The second-order valence-corrected chi connectivity index (χ2v) is 5.00. The zero-order valence-corrected chi connectivity index (χ0v) is 12.8. The summed E-state index contributed by atoms with van der Waals surface area (Å²) in [6.07, 6.45) is -0.262. The minimum absolute atomic E-state index is 0.0417. The molecule has 0 radical (unpaired) electrons. The zero-order chi connectivity index (χ0) is 17.2. The number of anilines is 3. The molecule has 0 bridgehead atoms. The Morgan fingerprint density at radius 1 is 1.13 bits per heavy atom. The number of nitrogen functional groups attached to an aromatic ring is 3. The van der Waals surface area contributed by atoms with Gasteiger partial charge in [0, 0.05) is 0 Å². The van der Waals surface area contributed by atoms with Crippen LogP contribution in [-0.4, -0.2) is 31.8 Å². The number of hydrogen-bond donors (Lipinski definition) is 4. The van der Waals surface area contributed by atoms with Crippen LogP contribution in [0.25, 0.3) is 0 Å². The van der Waals surface area contributed by atoms with Crippen molar-refractivity contribution >= 4 is 37.6 Å². The van der Waals surface area contributed by atoms with Gasteiger partial charge in [0.25, 0.3) is 8.00 Å². The molecule has 11 heteroatoms. The molecule has 1 atom stereocenters. The van der Waals surface area contributed by atoms with Crippen LogP contribution < -0.4 is 26.6 Å². The van der Waals surface area contributed by atoms with E-state index in [0.29, 0.717) is 5.75 Å². The van der Waals surface area contributed by atoms with E-state index in [4.69, 9.17) is 26.8 Å². The van der Waals surface area contributed by atoms with Gasteiger partial charge in [0.1, 0.15) is 12.2 Å². The number of benzene rings is 1. The second-order valence-electron chi connectivity index (χ2n) is 3.88. The number of para-hydroxylation sites is 1. The highest BCUT2D eigenvalue weighted by Crippen LogP contribution is 2.19. The van der Waals surface area contributed by atoms with E-state index in [1.807, 2.05) is 0 Å². The van der Waals surface area contributed by atoms with E-state index in [1.165, 1.54) is 0 Å². The van der Waals surface area contributed by atoms with Gasteiger partial charge in [-0.05, 0) is 12.1 Å². The fourth-order valence-corrected chi connectivity index (χ4v) is 1.91. The van der Waals surface area contributed by atoms with E-state index >= 15 is 0 Å². The maximum atomic E-state index is 11.1. The van der Waals surface area contributed by atoms with Gasteiger partial charge in [0.05, 0.1) is 0 Å². The molecule has 0 spiro atoms. The van der Waals surface area contributed by atoms with E-state index in [0.717, 1.165) is 5.80 Å². The molecule has 0 aliphatic carbocycles. The smallest absolute Gasteiger partial charge is 0.311 e. The number of hydrogen-bond acceptors (Lipinski definition) is 9. The lowest BCUT2D eigenvalue weighted by molar-refractivity contribution is -0.165. The number of carbonyl (C=O) groups is 1. The van der Waals surface area contributed by atoms with Crippen LogP contribution in [-0.2, 0) is 4.79 Å². The number of rotatable bonds is 4. The first-order chi connectivity index (χ1) is 10.9. The van der Waals surface area contributed by atoms with Gasteiger partial charge < -0.3 is 27.2 Å². The highest BCUT2D eigenvalue weighted by atomic mass is 31.1. The SMILES string of the molecule is Nc1nc(N)nc(N)n1.O=C(O)C/C=[P+](\[O-])Oc1ccccc1. The van der Waals surface area contributed by atoms with E-state index in [9.17, 15) is 9.69 Å². The Morgan fingerprint density at radius 2 is 1.61 bits per heavy atom. The first-order valence-corrected chi connectivity index (χ1v) is 7.38. The molecule has 0 saturated carbocycles. The fraction of sp³-hybridized carbons (Fsp3) is 0.0833. The van der Waals surface area contributed by atoms with E-state index in [2.05, 4.69) is 15.0 Å². The predicted molar refractivity (Wildman–Crippen MR) is 85.4 cm³/mol. The molecule has 0 amide bonds. The minimum Gasteiger partial charge on any atom is -0.595 e. The average Bonchev–Trinajstić information content (AvgIpc) is 2.45. The van der Waals surface area contributed by atoms with Gasteiger partial charge >= 0.3 is 5.97 Å². The lowest BCUT2D eigenvalue weighted by atomic mass is 10.3. The molecule has 2 aromatic rings. The van der Waals surface area contributed by atoms with Gasteiger partial charge in [-0.25, -0.2) is 0 Å². The van der Waals surface area contributed by atoms with Crippen molar-refractivity contribution in [2.24, 2.45) is 0 Å². The summed E-state index contributed by atoms with van der Waals surface area (Å²) in [4.78, 5) is 31.7. The lowest BCUT2D eigenvalue weighted by Gasteiger charge is -1.98. The normalized spacial score (nSPS) is 10.4. The van der Waals surface area contributed by atoms with Gasteiger partial charge in [0.15, 0.2) is 5.75 Å².